The van der Waals surface area contributed by atoms with Crippen molar-refractivity contribution in [1.29, 1.82) is 0 Å². The van der Waals surface area contributed by atoms with Gasteiger partial charge in [-0.3, -0.25) is 0 Å². The van der Waals surface area contributed by atoms with Crippen molar-refractivity contribution in [3.63, 3.8) is 0 Å². The number of rotatable bonds is 5. The van der Waals surface area contributed by atoms with Gasteiger partial charge in [-0.15, -0.1) is 0 Å². The predicted octanol–water partition coefficient (Wildman–Crippen LogP) is 5.58. The summed E-state index contributed by atoms with van der Waals surface area (Å²) < 4.78 is 1.13. The van der Waals surface area contributed by atoms with Gasteiger partial charge < -0.3 is 5.32 Å². The summed E-state index contributed by atoms with van der Waals surface area (Å²) in [5.74, 6) is 0.573. The van der Waals surface area contributed by atoms with Crippen molar-refractivity contribution in [2.24, 2.45) is 0 Å². The van der Waals surface area contributed by atoms with Gasteiger partial charge in [0.15, 0.2) is 0 Å². The summed E-state index contributed by atoms with van der Waals surface area (Å²) >= 11 is 3.59. The van der Waals surface area contributed by atoms with Crippen LogP contribution in [0.15, 0.2) is 46.9 Å². The SMILES string of the molecule is CCNC(c1ccc(C(C)C)cc1)c1cc(Br)ccc1C. The van der Waals surface area contributed by atoms with Gasteiger partial charge in [0, 0.05) is 4.47 Å². The fourth-order valence-corrected chi connectivity index (χ4v) is 2.99. The van der Waals surface area contributed by atoms with Gasteiger partial charge in [-0.2, -0.15) is 0 Å². The van der Waals surface area contributed by atoms with Crippen LogP contribution in [-0.4, -0.2) is 6.54 Å². The third-order valence-corrected chi connectivity index (χ3v) is 4.39. The Bertz CT molecular complexity index is 587. The summed E-state index contributed by atoms with van der Waals surface area (Å²) in [6.45, 7) is 9.74. The lowest BCUT2D eigenvalue weighted by atomic mass is 9.93. The molecular weight excluding hydrogens is 322 g/mol. The second-order valence-electron chi connectivity index (χ2n) is 5.81. The molecule has 1 unspecified atom stereocenters. The molecule has 0 fully saturated rings. The van der Waals surface area contributed by atoms with Crippen molar-refractivity contribution in [3.05, 3.63) is 69.2 Å². The van der Waals surface area contributed by atoms with Crippen molar-refractivity contribution in [2.75, 3.05) is 6.54 Å². The minimum absolute atomic E-state index is 0.244. The molecule has 0 spiro atoms. The minimum Gasteiger partial charge on any atom is -0.307 e. The summed E-state index contributed by atoms with van der Waals surface area (Å²) in [7, 11) is 0. The highest BCUT2D eigenvalue weighted by Gasteiger charge is 2.15. The van der Waals surface area contributed by atoms with Crippen molar-refractivity contribution < 1.29 is 0 Å². The zero-order chi connectivity index (χ0) is 15.4. The lowest BCUT2D eigenvalue weighted by Crippen LogP contribution is -2.22. The molecule has 0 bridgehead atoms. The average molecular weight is 346 g/mol. The van der Waals surface area contributed by atoms with Crippen molar-refractivity contribution in [1.82, 2.24) is 5.32 Å². The summed E-state index contributed by atoms with van der Waals surface area (Å²) in [4.78, 5) is 0. The topological polar surface area (TPSA) is 12.0 Å². The Kier molecular flexibility index (Phi) is 5.60. The summed E-state index contributed by atoms with van der Waals surface area (Å²) in [5, 5.41) is 3.61. The molecule has 21 heavy (non-hydrogen) atoms. The van der Waals surface area contributed by atoms with Crippen LogP contribution in [-0.2, 0) is 0 Å². The monoisotopic (exact) mass is 345 g/mol. The van der Waals surface area contributed by atoms with E-state index in [0.717, 1.165) is 11.0 Å². The molecule has 0 saturated heterocycles. The quantitative estimate of drug-likeness (QED) is 0.745. The van der Waals surface area contributed by atoms with Crippen LogP contribution in [0.3, 0.4) is 0 Å². The van der Waals surface area contributed by atoms with Crippen LogP contribution >= 0.6 is 15.9 Å². The molecule has 2 aromatic rings. The second-order valence-corrected chi connectivity index (χ2v) is 6.73. The molecule has 112 valence electrons. The van der Waals surface area contributed by atoms with E-state index in [1.807, 2.05) is 0 Å². The van der Waals surface area contributed by atoms with E-state index in [0.29, 0.717) is 5.92 Å². The Labute approximate surface area is 136 Å². The Morgan fingerprint density at radius 3 is 2.19 bits per heavy atom. The Morgan fingerprint density at radius 1 is 1.00 bits per heavy atom. The molecule has 2 rings (SSSR count). The highest BCUT2D eigenvalue weighted by molar-refractivity contribution is 9.10. The molecule has 0 aliphatic carbocycles. The molecule has 0 amide bonds. The van der Waals surface area contributed by atoms with Crippen LogP contribution in [0.5, 0.6) is 0 Å². The number of hydrogen-bond donors (Lipinski definition) is 1. The zero-order valence-corrected chi connectivity index (χ0v) is 14.9. The molecule has 1 N–H and O–H groups in total. The predicted molar refractivity (Wildman–Crippen MR) is 94.9 cm³/mol. The first kappa shape index (κ1) is 16.3. The Morgan fingerprint density at radius 2 is 1.62 bits per heavy atom. The number of aryl methyl sites for hydroxylation is 1. The van der Waals surface area contributed by atoms with Gasteiger partial charge >= 0.3 is 0 Å². The van der Waals surface area contributed by atoms with E-state index in [1.165, 1.54) is 22.3 Å². The third-order valence-electron chi connectivity index (χ3n) is 3.90. The van der Waals surface area contributed by atoms with Crippen molar-refractivity contribution in [3.8, 4) is 0 Å². The van der Waals surface area contributed by atoms with Gasteiger partial charge in [-0.05, 0) is 53.8 Å². The summed E-state index contributed by atoms with van der Waals surface area (Å²) in [6, 6.07) is 15.7. The van der Waals surface area contributed by atoms with Crippen molar-refractivity contribution >= 4 is 15.9 Å². The number of nitrogens with one attached hydrogen (secondary N) is 1. The van der Waals surface area contributed by atoms with Crippen LogP contribution in [0, 0.1) is 6.92 Å². The maximum absolute atomic E-state index is 3.61. The Hall–Kier alpha value is -1.12. The van der Waals surface area contributed by atoms with E-state index in [2.05, 4.69) is 91.4 Å². The molecule has 0 radical (unpaired) electrons. The fourth-order valence-electron chi connectivity index (χ4n) is 2.61. The molecule has 1 atom stereocenters. The molecule has 2 aromatic carbocycles. The van der Waals surface area contributed by atoms with E-state index in [4.69, 9.17) is 0 Å². The van der Waals surface area contributed by atoms with E-state index in [1.54, 1.807) is 0 Å². The van der Waals surface area contributed by atoms with Crippen LogP contribution < -0.4 is 5.32 Å². The number of halogens is 1. The maximum Gasteiger partial charge on any atom is 0.0579 e. The summed E-state index contributed by atoms with van der Waals surface area (Å²) in [5.41, 5.74) is 5.36. The maximum atomic E-state index is 3.61. The average Bonchev–Trinajstić information content (AvgIpc) is 2.48. The minimum atomic E-state index is 0.244. The highest BCUT2D eigenvalue weighted by atomic mass is 79.9. The number of hydrogen-bond acceptors (Lipinski definition) is 1. The zero-order valence-electron chi connectivity index (χ0n) is 13.3. The van der Waals surface area contributed by atoms with Gasteiger partial charge in [-0.25, -0.2) is 0 Å². The smallest absolute Gasteiger partial charge is 0.0579 e. The molecule has 0 heterocycles. The lowest BCUT2D eigenvalue weighted by molar-refractivity contribution is 0.627. The van der Waals surface area contributed by atoms with Crippen molar-refractivity contribution in [2.45, 2.75) is 39.7 Å². The second kappa shape index (κ2) is 7.24. The molecule has 0 aliphatic heterocycles. The van der Waals surface area contributed by atoms with E-state index < -0.39 is 0 Å². The molecule has 0 aromatic heterocycles. The standard InChI is InChI=1S/C19H24BrN/c1-5-21-19(18-12-17(20)11-6-14(18)4)16-9-7-15(8-10-16)13(2)3/h6-13,19,21H,5H2,1-4H3. The molecule has 0 saturated carbocycles. The first-order valence-corrected chi connectivity index (χ1v) is 8.41. The molecule has 2 heteroatoms. The molecule has 1 nitrogen and oxygen atoms in total. The van der Waals surface area contributed by atoms with Crippen LogP contribution in [0.2, 0.25) is 0 Å². The van der Waals surface area contributed by atoms with Gasteiger partial charge in [0.25, 0.3) is 0 Å². The lowest BCUT2D eigenvalue weighted by Gasteiger charge is -2.22. The fraction of sp³-hybridized carbons (Fsp3) is 0.368. The molecular formula is C19H24BrN. The molecule has 0 aliphatic rings. The van der Waals surface area contributed by atoms with Gasteiger partial charge in [0.1, 0.15) is 0 Å². The third kappa shape index (κ3) is 3.96. The first-order chi connectivity index (χ1) is 10.0. The van der Waals surface area contributed by atoms with E-state index in [9.17, 15) is 0 Å². The van der Waals surface area contributed by atoms with E-state index in [-0.39, 0.29) is 6.04 Å². The first-order valence-electron chi connectivity index (χ1n) is 7.62. The van der Waals surface area contributed by atoms with Crippen LogP contribution in [0.25, 0.3) is 0 Å². The summed E-state index contributed by atoms with van der Waals surface area (Å²) in [6.07, 6.45) is 0. The van der Waals surface area contributed by atoms with E-state index >= 15 is 0 Å². The largest absolute Gasteiger partial charge is 0.307 e. The van der Waals surface area contributed by atoms with Gasteiger partial charge in [0.05, 0.1) is 6.04 Å². The number of benzene rings is 2. The van der Waals surface area contributed by atoms with Crippen LogP contribution in [0.4, 0.5) is 0 Å². The van der Waals surface area contributed by atoms with Gasteiger partial charge in [0.2, 0.25) is 0 Å². The normalized spacial score (nSPS) is 12.7. The Balaban J connectivity index is 2.40. The van der Waals surface area contributed by atoms with Gasteiger partial charge in [-0.1, -0.05) is 67.0 Å². The highest BCUT2D eigenvalue weighted by Crippen LogP contribution is 2.28. The van der Waals surface area contributed by atoms with Crippen LogP contribution in [0.1, 0.15) is 55.0 Å².